The molecule has 0 aliphatic rings. The summed E-state index contributed by atoms with van der Waals surface area (Å²) in [6.45, 7) is 6.61. The summed E-state index contributed by atoms with van der Waals surface area (Å²) in [5.41, 5.74) is 1.21. The molecule has 0 saturated heterocycles. The van der Waals surface area contributed by atoms with Crippen molar-refractivity contribution in [1.29, 1.82) is 0 Å². The number of anilines is 1. The normalized spacial score (nSPS) is 12.9. The lowest BCUT2D eigenvalue weighted by Gasteiger charge is -2.16. The Kier molecular flexibility index (Phi) is 7.62. The van der Waals surface area contributed by atoms with Crippen molar-refractivity contribution in [3.63, 3.8) is 0 Å². The summed E-state index contributed by atoms with van der Waals surface area (Å²) in [6, 6.07) is 10.2. The van der Waals surface area contributed by atoms with Crippen LogP contribution in [0.4, 0.5) is 5.88 Å². The highest BCUT2D eigenvalue weighted by molar-refractivity contribution is 7.55. The molecule has 8 heteroatoms. The summed E-state index contributed by atoms with van der Waals surface area (Å²) in [5, 5.41) is 6.73. The zero-order valence-corrected chi connectivity index (χ0v) is 15.9. The van der Waals surface area contributed by atoms with Crippen molar-refractivity contribution in [2.75, 3.05) is 18.3 Å². The summed E-state index contributed by atoms with van der Waals surface area (Å²) >= 11 is 0. The highest BCUT2D eigenvalue weighted by Gasteiger charge is 2.29. The molecule has 2 aromatic rings. The van der Waals surface area contributed by atoms with Crippen LogP contribution >= 0.6 is 7.75 Å². The van der Waals surface area contributed by atoms with Gasteiger partial charge in [-0.3, -0.25) is 18.7 Å². The number of hydrogen-bond acceptors (Lipinski definition) is 5. The molecule has 1 unspecified atom stereocenters. The van der Waals surface area contributed by atoms with Gasteiger partial charge in [-0.1, -0.05) is 44.2 Å². The van der Waals surface area contributed by atoms with Gasteiger partial charge in [0.2, 0.25) is 5.27 Å². The molecule has 0 radical (unpaired) electrons. The quantitative estimate of drug-likeness (QED) is 0.474. The Morgan fingerprint density at radius 1 is 1.20 bits per heavy atom. The van der Waals surface area contributed by atoms with Crippen molar-refractivity contribution in [1.82, 2.24) is 5.27 Å². The Morgan fingerprint density at radius 3 is 2.44 bits per heavy atom. The number of aromatic nitrogens is 2. The zero-order valence-electron chi connectivity index (χ0n) is 15.1. The molecule has 7 nitrogen and oxygen atoms in total. The van der Waals surface area contributed by atoms with Gasteiger partial charge in [0.15, 0.2) is 6.04 Å². The first kappa shape index (κ1) is 19.6. The van der Waals surface area contributed by atoms with E-state index in [1.54, 1.807) is 10.9 Å². The zero-order chi connectivity index (χ0) is 18.1. The van der Waals surface area contributed by atoms with Crippen LogP contribution in [0.5, 0.6) is 0 Å². The van der Waals surface area contributed by atoms with Crippen LogP contribution in [-0.2, 0) is 20.0 Å². The van der Waals surface area contributed by atoms with Gasteiger partial charge in [0, 0.05) is 13.3 Å². The number of nitrogens with one attached hydrogen (secondary N) is 1. The predicted octanol–water partition coefficient (Wildman–Crippen LogP) is 4.14. The van der Waals surface area contributed by atoms with Crippen molar-refractivity contribution in [2.45, 2.75) is 46.1 Å². The molecule has 0 amide bonds. The maximum Gasteiger partial charge on any atom is 0.435 e. The van der Waals surface area contributed by atoms with E-state index < -0.39 is 7.75 Å². The lowest BCUT2D eigenvalue weighted by Crippen LogP contribution is -2.40. The molecule has 0 saturated carbocycles. The van der Waals surface area contributed by atoms with E-state index >= 15 is 0 Å². The third kappa shape index (κ3) is 6.27. The van der Waals surface area contributed by atoms with E-state index in [1.165, 1.54) is 5.56 Å². The first-order valence-electron chi connectivity index (χ1n) is 8.65. The largest absolute Gasteiger partial charge is 0.435 e. The van der Waals surface area contributed by atoms with Crippen LogP contribution in [0.2, 0.25) is 0 Å². The Hall–Kier alpha value is -1.69. The van der Waals surface area contributed by atoms with E-state index in [0.29, 0.717) is 13.2 Å². The molecule has 138 valence electrons. The minimum absolute atomic E-state index is 0.0919. The number of rotatable bonds is 11. The van der Waals surface area contributed by atoms with E-state index in [0.717, 1.165) is 19.3 Å². The van der Waals surface area contributed by atoms with Gasteiger partial charge in [-0.15, -0.1) is 0 Å². The smallest absolute Gasteiger partial charge is 0.292 e. The molecule has 0 aliphatic heterocycles. The molecular weight excluding hydrogens is 341 g/mol. The third-order valence-corrected chi connectivity index (χ3v) is 5.03. The molecular formula is C17H27N3O4P+. The van der Waals surface area contributed by atoms with Crippen LogP contribution in [0.15, 0.2) is 41.1 Å². The molecule has 0 spiro atoms. The predicted molar refractivity (Wildman–Crippen MR) is 95.3 cm³/mol. The van der Waals surface area contributed by atoms with E-state index in [4.69, 9.17) is 13.6 Å². The Balaban J connectivity index is 2.01. The monoisotopic (exact) mass is 368 g/mol. The van der Waals surface area contributed by atoms with E-state index in [9.17, 15) is 4.57 Å². The maximum atomic E-state index is 12.7. The SMILES string of the molecule is CCCOP(=O)(Nc1c[n+](C(C)Cc2ccccc2)no1)OCCC. The van der Waals surface area contributed by atoms with E-state index in [1.807, 2.05) is 39.0 Å². The van der Waals surface area contributed by atoms with Crippen molar-refractivity contribution in [3.05, 3.63) is 42.1 Å². The lowest BCUT2D eigenvalue weighted by atomic mass is 10.1. The topological polar surface area (TPSA) is 77.5 Å². The average Bonchev–Trinajstić information content (AvgIpc) is 3.07. The summed E-state index contributed by atoms with van der Waals surface area (Å²) in [5.74, 6) is 0.260. The molecule has 1 aromatic carbocycles. The fourth-order valence-corrected chi connectivity index (χ4v) is 3.64. The van der Waals surface area contributed by atoms with Gasteiger partial charge in [-0.05, 0) is 23.1 Å². The van der Waals surface area contributed by atoms with Gasteiger partial charge >= 0.3 is 13.6 Å². The fraction of sp³-hybridized carbons (Fsp3) is 0.529. The van der Waals surface area contributed by atoms with Crippen molar-refractivity contribution in [2.24, 2.45) is 0 Å². The minimum Gasteiger partial charge on any atom is -0.292 e. The van der Waals surface area contributed by atoms with Gasteiger partial charge in [0.1, 0.15) is 0 Å². The van der Waals surface area contributed by atoms with Crippen LogP contribution < -0.4 is 9.77 Å². The van der Waals surface area contributed by atoms with E-state index in [-0.39, 0.29) is 11.9 Å². The molecule has 1 heterocycles. The van der Waals surface area contributed by atoms with Gasteiger partial charge in [0.05, 0.1) is 13.2 Å². The second-order valence-corrected chi connectivity index (χ2v) is 7.60. The summed E-state index contributed by atoms with van der Waals surface area (Å²) < 4.78 is 30.4. The van der Waals surface area contributed by atoms with Gasteiger partial charge < -0.3 is 0 Å². The lowest BCUT2D eigenvalue weighted by molar-refractivity contribution is -0.782. The van der Waals surface area contributed by atoms with Gasteiger partial charge in [0.25, 0.3) is 6.20 Å². The molecule has 0 aliphatic carbocycles. The average molecular weight is 368 g/mol. The molecule has 1 aromatic heterocycles. The maximum absolute atomic E-state index is 12.7. The van der Waals surface area contributed by atoms with Gasteiger partial charge in [-0.2, -0.15) is 0 Å². The van der Waals surface area contributed by atoms with Crippen LogP contribution in [0, 0.1) is 0 Å². The molecule has 25 heavy (non-hydrogen) atoms. The molecule has 0 fully saturated rings. The van der Waals surface area contributed by atoms with Crippen LogP contribution in [0.3, 0.4) is 0 Å². The molecule has 0 bridgehead atoms. The minimum atomic E-state index is -3.45. The Labute approximate surface area is 148 Å². The van der Waals surface area contributed by atoms with Gasteiger partial charge in [-0.25, -0.2) is 4.57 Å². The van der Waals surface area contributed by atoms with Crippen molar-refractivity contribution < 1.29 is 22.8 Å². The van der Waals surface area contributed by atoms with Crippen LogP contribution in [-0.4, -0.2) is 18.5 Å². The highest BCUT2D eigenvalue weighted by atomic mass is 31.2. The number of benzene rings is 1. The summed E-state index contributed by atoms with van der Waals surface area (Å²) in [4.78, 5) is 0. The summed E-state index contributed by atoms with van der Waals surface area (Å²) in [6.07, 6.45) is 3.97. The fourth-order valence-electron chi connectivity index (χ4n) is 2.22. The highest BCUT2D eigenvalue weighted by Crippen LogP contribution is 2.47. The first-order chi connectivity index (χ1) is 12.1. The Morgan fingerprint density at radius 2 is 1.84 bits per heavy atom. The number of hydrogen-bond donors (Lipinski definition) is 1. The number of nitrogens with zero attached hydrogens (tertiary/aromatic N) is 2. The Bertz CT molecular complexity index is 666. The third-order valence-electron chi connectivity index (χ3n) is 3.49. The van der Waals surface area contributed by atoms with E-state index in [2.05, 4.69) is 22.5 Å². The molecule has 1 N–H and O–H groups in total. The van der Waals surface area contributed by atoms with Crippen LogP contribution in [0.1, 0.15) is 45.2 Å². The van der Waals surface area contributed by atoms with Crippen LogP contribution in [0.25, 0.3) is 0 Å². The molecule has 1 atom stereocenters. The standard InChI is InChI=1S/C17H27N3O4P/c1-4-11-22-25(21,23-12-5-2)18-17-14-20(19-24-17)15(3)13-16-9-7-6-8-10-16/h6-10,14-15H,4-5,11-13H2,1-3H3,(H,18,21)/q+1. The second kappa shape index (κ2) is 9.70. The van der Waals surface area contributed by atoms with Crippen molar-refractivity contribution >= 4 is 13.6 Å². The first-order valence-corrected chi connectivity index (χ1v) is 10.2. The van der Waals surface area contributed by atoms with Crippen molar-refractivity contribution in [3.8, 4) is 0 Å². The molecule has 2 rings (SSSR count). The summed E-state index contributed by atoms with van der Waals surface area (Å²) in [7, 11) is -3.45. The second-order valence-electron chi connectivity index (χ2n) is 5.86.